The first kappa shape index (κ1) is 11.1. The molecule has 0 aliphatic heterocycles. The summed E-state index contributed by atoms with van der Waals surface area (Å²) in [6, 6.07) is 0. The Hall–Kier alpha value is 2.09. The molecule has 0 atom stereocenters. The van der Waals surface area contributed by atoms with E-state index >= 15 is 0 Å². The van der Waals surface area contributed by atoms with Crippen LogP contribution in [0.4, 0.5) is 0 Å². The highest BCUT2D eigenvalue weighted by Crippen LogP contribution is 2.52. The summed E-state index contributed by atoms with van der Waals surface area (Å²) in [7, 11) is 0. The summed E-state index contributed by atoms with van der Waals surface area (Å²) in [4.78, 5) is 0. The molecule has 0 saturated carbocycles. The predicted molar refractivity (Wildman–Crippen MR) is 48.2 cm³/mol. The lowest BCUT2D eigenvalue weighted by Gasteiger charge is -2.15. The number of hydrogen-bond donors (Lipinski definition) is 0. The molecule has 0 nitrogen and oxygen atoms in total. The lowest BCUT2D eigenvalue weighted by Crippen LogP contribution is -2.04. The third-order valence-corrected chi connectivity index (χ3v) is 2.08. The van der Waals surface area contributed by atoms with Gasteiger partial charge in [0.05, 0.1) is 0 Å². The van der Waals surface area contributed by atoms with Crippen molar-refractivity contribution in [1.29, 1.82) is 0 Å². The first-order valence-electron chi connectivity index (χ1n) is 1.54. The number of rotatable bonds is 0. The standard InChI is InChI=1S/C2Cl6S/c3-1(4,5)9-2(6,7)8. The highest BCUT2D eigenvalue weighted by molar-refractivity contribution is 8.09. The topological polar surface area (TPSA) is 0 Å². The Labute approximate surface area is 87.0 Å². The average molecular weight is 269 g/mol. The van der Waals surface area contributed by atoms with Crippen molar-refractivity contribution in [2.45, 2.75) is 6.25 Å². The fourth-order valence-electron chi connectivity index (χ4n) is 0.131. The number of alkyl halides is 6. The number of halogens is 6. The van der Waals surface area contributed by atoms with Crippen LogP contribution in [-0.4, -0.2) is 6.25 Å². The van der Waals surface area contributed by atoms with Crippen LogP contribution in [0.5, 0.6) is 0 Å². The van der Waals surface area contributed by atoms with E-state index in [4.69, 9.17) is 69.6 Å². The van der Waals surface area contributed by atoms with Gasteiger partial charge in [-0.3, -0.25) is 0 Å². The normalized spacial score (nSPS) is 14.0. The molecular weight excluding hydrogens is 269 g/mol. The van der Waals surface area contributed by atoms with E-state index in [0.717, 1.165) is 0 Å². The van der Waals surface area contributed by atoms with E-state index in [1.165, 1.54) is 0 Å². The second kappa shape index (κ2) is 3.66. The van der Waals surface area contributed by atoms with E-state index in [9.17, 15) is 0 Å². The fraction of sp³-hybridized carbons (Fsp3) is 1.00. The summed E-state index contributed by atoms with van der Waals surface area (Å²) < 4.78 is -3.16. The summed E-state index contributed by atoms with van der Waals surface area (Å²) in [5.74, 6) is 0. The van der Waals surface area contributed by atoms with Gasteiger partial charge >= 0.3 is 0 Å². The molecule has 0 bridgehead atoms. The van der Waals surface area contributed by atoms with Crippen LogP contribution < -0.4 is 0 Å². The van der Waals surface area contributed by atoms with Crippen molar-refractivity contribution in [3.8, 4) is 0 Å². The SMILES string of the molecule is ClC(Cl)(Cl)SC(Cl)(Cl)Cl. The minimum absolute atomic E-state index is 0.606. The Balaban J connectivity index is 3.75. The largest absolute Gasteiger partial charge is 0.241 e. The van der Waals surface area contributed by atoms with Crippen molar-refractivity contribution < 1.29 is 0 Å². The Morgan fingerprint density at radius 3 is 0.889 bits per heavy atom. The maximum Gasteiger partial charge on any atom is 0.241 e. The molecule has 0 fully saturated rings. The van der Waals surface area contributed by atoms with Gasteiger partial charge in [-0.2, -0.15) is 0 Å². The monoisotopic (exact) mass is 266 g/mol. The molecule has 0 unspecified atom stereocenters. The van der Waals surface area contributed by atoms with Gasteiger partial charge in [-0.1, -0.05) is 81.4 Å². The van der Waals surface area contributed by atoms with Crippen molar-refractivity contribution >= 4 is 81.4 Å². The molecule has 0 saturated heterocycles. The van der Waals surface area contributed by atoms with E-state index in [1.54, 1.807) is 0 Å². The summed E-state index contributed by atoms with van der Waals surface area (Å²) in [6.45, 7) is 0. The molecule has 9 heavy (non-hydrogen) atoms. The Morgan fingerprint density at radius 1 is 0.667 bits per heavy atom. The van der Waals surface area contributed by atoms with E-state index < -0.39 is 6.25 Å². The predicted octanol–water partition coefficient (Wildman–Crippen LogP) is 4.38. The zero-order valence-electron chi connectivity index (χ0n) is 3.68. The smallest absolute Gasteiger partial charge is 0.0716 e. The van der Waals surface area contributed by atoms with Crippen molar-refractivity contribution in [3.63, 3.8) is 0 Å². The van der Waals surface area contributed by atoms with Gasteiger partial charge in [-0.15, -0.1) is 0 Å². The minimum atomic E-state index is -1.58. The third-order valence-electron chi connectivity index (χ3n) is 0.231. The minimum Gasteiger partial charge on any atom is -0.0716 e. The van der Waals surface area contributed by atoms with Crippen LogP contribution in [0.25, 0.3) is 0 Å². The first-order valence-corrected chi connectivity index (χ1v) is 4.63. The van der Waals surface area contributed by atoms with Crippen molar-refractivity contribution in [2.75, 3.05) is 0 Å². The molecule has 0 spiro atoms. The molecule has 0 N–H and O–H groups in total. The van der Waals surface area contributed by atoms with Crippen molar-refractivity contribution in [1.82, 2.24) is 0 Å². The van der Waals surface area contributed by atoms with Crippen LogP contribution in [0.2, 0.25) is 0 Å². The summed E-state index contributed by atoms with van der Waals surface area (Å²) in [5.41, 5.74) is 0. The van der Waals surface area contributed by atoms with Crippen LogP contribution in [0.15, 0.2) is 0 Å². The van der Waals surface area contributed by atoms with Crippen molar-refractivity contribution in [3.05, 3.63) is 0 Å². The molecule has 0 aromatic carbocycles. The molecule has 7 heteroatoms. The van der Waals surface area contributed by atoms with Gasteiger partial charge in [0.1, 0.15) is 0 Å². The van der Waals surface area contributed by atoms with Gasteiger partial charge in [-0.05, 0) is 0 Å². The zero-order valence-corrected chi connectivity index (χ0v) is 9.03. The second-order valence-electron chi connectivity index (χ2n) is 0.994. The quantitative estimate of drug-likeness (QED) is 0.588. The summed E-state index contributed by atoms with van der Waals surface area (Å²) in [6.07, 6.45) is 0. The van der Waals surface area contributed by atoms with Crippen LogP contribution in [-0.2, 0) is 0 Å². The van der Waals surface area contributed by atoms with Crippen LogP contribution in [0.1, 0.15) is 0 Å². The van der Waals surface area contributed by atoms with Crippen LogP contribution in [0, 0.1) is 0 Å². The fourth-order valence-corrected chi connectivity index (χ4v) is 3.54. The first-order chi connectivity index (χ1) is 3.71. The molecule has 0 aliphatic carbocycles. The maximum atomic E-state index is 5.26. The van der Waals surface area contributed by atoms with Gasteiger partial charge in [0, 0.05) is 0 Å². The third kappa shape index (κ3) is 10.1. The molecule has 0 radical (unpaired) electrons. The van der Waals surface area contributed by atoms with Crippen LogP contribution >= 0.6 is 81.4 Å². The van der Waals surface area contributed by atoms with Gasteiger partial charge in [0.2, 0.25) is 6.25 Å². The summed E-state index contributed by atoms with van der Waals surface area (Å²) >= 11 is 32.2. The van der Waals surface area contributed by atoms with Gasteiger partial charge in [-0.25, -0.2) is 0 Å². The number of hydrogen-bond acceptors (Lipinski definition) is 1. The van der Waals surface area contributed by atoms with Crippen LogP contribution in [0.3, 0.4) is 0 Å². The van der Waals surface area contributed by atoms with Gasteiger partial charge in [0.15, 0.2) is 0 Å². The molecule has 0 aromatic heterocycles. The van der Waals surface area contributed by atoms with Gasteiger partial charge in [0.25, 0.3) is 0 Å². The van der Waals surface area contributed by atoms with Crippen molar-refractivity contribution in [2.24, 2.45) is 0 Å². The molecule has 0 aliphatic rings. The second-order valence-corrected chi connectivity index (χ2v) is 8.33. The Kier molecular flexibility index (Phi) is 4.51. The molecular formula is C2Cl6S. The summed E-state index contributed by atoms with van der Waals surface area (Å²) in [5, 5.41) is 0. The highest BCUT2D eigenvalue weighted by Gasteiger charge is 2.33. The van der Waals surface area contributed by atoms with E-state index in [2.05, 4.69) is 0 Å². The Bertz CT molecular complexity index is 76.2. The lowest BCUT2D eigenvalue weighted by molar-refractivity contribution is 1.68. The lowest BCUT2D eigenvalue weighted by atomic mass is 11.8. The zero-order chi connectivity index (χ0) is 7.71. The van der Waals surface area contributed by atoms with E-state index in [-0.39, 0.29) is 0 Å². The molecule has 0 rings (SSSR count). The molecule has 0 amide bonds. The number of thioether (sulfide) groups is 1. The highest BCUT2D eigenvalue weighted by atomic mass is 35.6. The van der Waals surface area contributed by atoms with Gasteiger partial charge < -0.3 is 0 Å². The molecule has 0 heterocycles. The molecule has 0 aromatic rings. The average Bonchev–Trinajstić information content (AvgIpc) is 1.14. The molecule has 56 valence electrons. The maximum absolute atomic E-state index is 5.26. The van der Waals surface area contributed by atoms with E-state index in [1.807, 2.05) is 0 Å². The Morgan fingerprint density at radius 2 is 0.889 bits per heavy atom. The van der Waals surface area contributed by atoms with E-state index in [0.29, 0.717) is 11.8 Å².